The fourth-order valence-corrected chi connectivity index (χ4v) is 4.68. The van der Waals surface area contributed by atoms with Crippen molar-refractivity contribution in [3.05, 3.63) is 112 Å². The van der Waals surface area contributed by atoms with Crippen LogP contribution in [0.4, 0.5) is 17.6 Å². The van der Waals surface area contributed by atoms with Gasteiger partial charge in [-0.3, -0.25) is 14.2 Å². The van der Waals surface area contributed by atoms with Crippen molar-refractivity contribution in [1.82, 2.24) is 14.7 Å². The Morgan fingerprint density at radius 3 is 2.33 bits per heavy atom. The molecule has 0 aliphatic rings. The summed E-state index contributed by atoms with van der Waals surface area (Å²) >= 11 is 0. The topological polar surface area (TPSA) is 118 Å². The van der Waals surface area contributed by atoms with Gasteiger partial charge in [0, 0.05) is 30.0 Å². The third-order valence-electron chi connectivity index (χ3n) is 6.83. The van der Waals surface area contributed by atoms with Crippen LogP contribution in [0.1, 0.15) is 36.4 Å². The van der Waals surface area contributed by atoms with Crippen molar-refractivity contribution in [2.75, 3.05) is 0 Å². The van der Waals surface area contributed by atoms with Crippen LogP contribution in [0.2, 0.25) is 0 Å². The molecule has 5 rings (SSSR count). The number of nitrogens with zero attached hydrogens (tertiary/aromatic N) is 3. The molecule has 8 nitrogen and oxygen atoms in total. The number of fused-ring (bicyclic) bond motifs is 1. The van der Waals surface area contributed by atoms with Crippen LogP contribution in [0.3, 0.4) is 0 Å². The van der Waals surface area contributed by atoms with Crippen molar-refractivity contribution < 1.29 is 37.1 Å². The highest BCUT2D eigenvalue weighted by Gasteiger charge is 2.59. The van der Waals surface area contributed by atoms with Gasteiger partial charge in [0.05, 0.1) is 16.6 Å². The lowest BCUT2D eigenvalue weighted by molar-refractivity contribution is -0.254. The van der Waals surface area contributed by atoms with Crippen LogP contribution in [0, 0.1) is 5.82 Å². The number of carboxylic acids is 1. The number of halogens is 4. The lowest BCUT2D eigenvalue weighted by Crippen LogP contribution is -2.43. The van der Waals surface area contributed by atoms with E-state index in [2.05, 4.69) is 10.1 Å². The summed E-state index contributed by atoms with van der Waals surface area (Å²) in [4.78, 5) is 29.1. The number of aliphatic carboxylic acids is 1. The number of alkyl halides is 3. The van der Waals surface area contributed by atoms with Crippen molar-refractivity contribution >= 4 is 16.9 Å². The number of benzene rings is 3. The summed E-state index contributed by atoms with van der Waals surface area (Å²) in [6, 6.07) is 17.1. The average molecular weight is 582 g/mol. The van der Waals surface area contributed by atoms with Gasteiger partial charge in [-0.15, -0.1) is 0 Å². The Labute approximate surface area is 235 Å². The van der Waals surface area contributed by atoms with Crippen LogP contribution >= 0.6 is 0 Å². The van der Waals surface area contributed by atoms with Gasteiger partial charge in [0.15, 0.2) is 5.76 Å². The van der Waals surface area contributed by atoms with Crippen LogP contribution in [-0.4, -0.2) is 37.1 Å². The quantitative estimate of drug-likeness (QED) is 0.167. The first kappa shape index (κ1) is 28.7. The number of aliphatic hydroxyl groups is 1. The summed E-state index contributed by atoms with van der Waals surface area (Å²) in [6.45, 7) is 0. The third kappa shape index (κ3) is 5.40. The molecule has 0 radical (unpaired) electrons. The first-order chi connectivity index (χ1) is 20.0. The van der Waals surface area contributed by atoms with E-state index in [1.165, 1.54) is 65.2 Å². The molecule has 0 amide bonds. The number of rotatable bonds is 9. The zero-order valence-electron chi connectivity index (χ0n) is 21.8. The van der Waals surface area contributed by atoms with E-state index in [0.717, 1.165) is 18.2 Å². The molecule has 3 aromatic carbocycles. The summed E-state index contributed by atoms with van der Waals surface area (Å²) in [6.07, 6.45) is -4.24. The van der Waals surface area contributed by atoms with E-state index < -0.39 is 40.4 Å². The van der Waals surface area contributed by atoms with E-state index in [-0.39, 0.29) is 40.8 Å². The number of carbonyl (C=O) groups is 1. The second-order valence-corrected chi connectivity index (χ2v) is 9.63. The zero-order chi connectivity index (χ0) is 30.1. The molecule has 1 unspecified atom stereocenters. The van der Waals surface area contributed by atoms with E-state index in [1.807, 2.05) is 0 Å². The third-order valence-corrected chi connectivity index (χ3v) is 6.83. The first-order valence-corrected chi connectivity index (χ1v) is 12.8. The highest BCUT2D eigenvalue weighted by molar-refractivity contribution is 5.83. The van der Waals surface area contributed by atoms with E-state index >= 15 is 0 Å². The minimum absolute atomic E-state index is 0.0296. The fraction of sp³-hybridized carbons (Fsp3) is 0.200. The van der Waals surface area contributed by atoms with Crippen LogP contribution < -0.4 is 5.56 Å². The first-order valence-electron chi connectivity index (χ1n) is 12.8. The number of hydrogen-bond donors (Lipinski definition) is 2. The monoisotopic (exact) mass is 581 g/mol. The SMILES string of the molecule is O=C(O)CCCCc1nc2cc(-c3cc(C(O)(c4ccccc4)C(F)(F)F)on3)ccc2c(=O)n1-c1ccc(F)cc1. The van der Waals surface area contributed by atoms with Gasteiger partial charge >= 0.3 is 12.1 Å². The Kier molecular flexibility index (Phi) is 7.65. The fourth-order valence-electron chi connectivity index (χ4n) is 4.68. The molecule has 5 aromatic rings. The van der Waals surface area contributed by atoms with Crippen molar-refractivity contribution in [3.8, 4) is 16.9 Å². The van der Waals surface area contributed by atoms with Gasteiger partial charge in [-0.2, -0.15) is 13.2 Å². The molecule has 2 heterocycles. The maximum absolute atomic E-state index is 14.1. The normalized spacial score (nSPS) is 13.3. The molecule has 1 atom stereocenters. The lowest BCUT2D eigenvalue weighted by Gasteiger charge is -2.28. The predicted octanol–water partition coefficient (Wildman–Crippen LogP) is 5.78. The maximum Gasteiger partial charge on any atom is 0.429 e. The molecular formula is C30H23F4N3O5. The van der Waals surface area contributed by atoms with E-state index in [0.29, 0.717) is 18.5 Å². The highest BCUT2D eigenvalue weighted by atomic mass is 19.4. The van der Waals surface area contributed by atoms with Gasteiger partial charge in [0.25, 0.3) is 5.56 Å². The minimum atomic E-state index is -5.13. The molecule has 0 aliphatic carbocycles. The van der Waals surface area contributed by atoms with Crippen LogP contribution in [-0.2, 0) is 16.8 Å². The van der Waals surface area contributed by atoms with Crippen LogP contribution in [0.15, 0.2) is 88.2 Å². The van der Waals surface area contributed by atoms with Crippen molar-refractivity contribution in [2.45, 2.75) is 37.5 Å². The number of aryl methyl sites for hydroxylation is 1. The lowest BCUT2D eigenvalue weighted by atomic mass is 9.90. The Morgan fingerprint density at radius 2 is 1.67 bits per heavy atom. The summed E-state index contributed by atoms with van der Waals surface area (Å²) < 4.78 is 62.3. The molecule has 0 fully saturated rings. The van der Waals surface area contributed by atoms with Gasteiger partial charge in [0.1, 0.15) is 17.3 Å². The van der Waals surface area contributed by atoms with Gasteiger partial charge in [-0.1, -0.05) is 41.6 Å². The van der Waals surface area contributed by atoms with E-state index in [1.54, 1.807) is 0 Å². The van der Waals surface area contributed by atoms with Gasteiger partial charge < -0.3 is 14.7 Å². The standard InChI is InChI=1S/C30H23F4N3O5/c31-20-11-13-21(14-12-20)37-26(8-4-5-9-27(38)39)35-24-16-18(10-15-22(24)28(37)40)23-17-25(42-36-23)29(41,30(32,33)34)19-6-2-1-3-7-19/h1-3,6-7,10-17,41H,4-5,8-9H2,(H,38,39). The predicted molar refractivity (Wildman–Crippen MR) is 143 cm³/mol. The van der Waals surface area contributed by atoms with Gasteiger partial charge in [-0.05, 0) is 49.2 Å². The largest absolute Gasteiger partial charge is 0.481 e. The molecule has 0 aliphatic heterocycles. The molecule has 2 N–H and O–H groups in total. The molecular weight excluding hydrogens is 558 g/mol. The Morgan fingerprint density at radius 1 is 0.952 bits per heavy atom. The van der Waals surface area contributed by atoms with E-state index in [9.17, 15) is 32.3 Å². The highest BCUT2D eigenvalue weighted by Crippen LogP contribution is 2.45. The average Bonchev–Trinajstić information content (AvgIpc) is 3.46. The Bertz CT molecular complexity index is 1800. The smallest absolute Gasteiger partial charge is 0.429 e. The summed E-state index contributed by atoms with van der Waals surface area (Å²) in [5.41, 5.74) is -3.56. The molecule has 0 saturated carbocycles. The van der Waals surface area contributed by atoms with Crippen molar-refractivity contribution in [3.63, 3.8) is 0 Å². The summed E-state index contributed by atoms with van der Waals surface area (Å²) in [7, 11) is 0. The Balaban J connectivity index is 1.58. The summed E-state index contributed by atoms with van der Waals surface area (Å²) in [5, 5.41) is 23.7. The maximum atomic E-state index is 14.1. The zero-order valence-corrected chi connectivity index (χ0v) is 21.8. The molecule has 2 aromatic heterocycles. The van der Waals surface area contributed by atoms with Crippen molar-refractivity contribution in [1.29, 1.82) is 0 Å². The molecule has 12 heteroatoms. The van der Waals surface area contributed by atoms with Gasteiger partial charge in [-0.25, -0.2) is 9.37 Å². The summed E-state index contributed by atoms with van der Waals surface area (Å²) in [5.74, 6) is -2.00. The molecule has 42 heavy (non-hydrogen) atoms. The number of aromatic nitrogens is 3. The van der Waals surface area contributed by atoms with Crippen molar-refractivity contribution in [2.24, 2.45) is 0 Å². The minimum Gasteiger partial charge on any atom is -0.481 e. The van der Waals surface area contributed by atoms with Crippen LogP contribution in [0.5, 0.6) is 0 Å². The Hall–Kier alpha value is -4.84. The molecule has 0 spiro atoms. The van der Waals surface area contributed by atoms with E-state index in [4.69, 9.17) is 9.63 Å². The number of unbranched alkanes of at least 4 members (excludes halogenated alkanes) is 1. The second-order valence-electron chi connectivity index (χ2n) is 9.63. The molecule has 0 saturated heterocycles. The molecule has 0 bridgehead atoms. The molecule has 216 valence electrons. The van der Waals surface area contributed by atoms with Crippen LogP contribution in [0.25, 0.3) is 27.8 Å². The van der Waals surface area contributed by atoms with Gasteiger partial charge in [0.2, 0.25) is 5.60 Å². The number of carboxylic acid groups (broad SMARTS) is 1. The number of hydrogen-bond acceptors (Lipinski definition) is 6. The second kappa shape index (κ2) is 11.2.